The van der Waals surface area contributed by atoms with Crippen molar-refractivity contribution in [2.45, 2.75) is 25.9 Å². The molecule has 1 aromatic rings. The van der Waals surface area contributed by atoms with Crippen LogP contribution in [0.1, 0.15) is 20.3 Å². The number of carbonyl (C=O) groups is 1. The molecule has 0 atom stereocenters. The number of benzene rings is 1. The van der Waals surface area contributed by atoms with Crippen LogP contribution < -0.4 is 15.8 Å². The number of methoxy groups -OCH3 is 1. The number of carbonyl (C=O) groups excluding carboxylic acids is 1. The standard InChI is InChI=1S/C14H21N3O4/c1-14(2,20-3)8-13(18)16-10-5-4-6-11(7-10)21-9-12(15)17-19/h4-7,19H,8-9H2,1-3H3,(H2,15,17)(H,16,18). The Hall–Kier alpha value is -2.28. The fourth-order valence-electron chi connectivity index (χ4n) is 1.51. The highest BCUT2D eigenvalue weighted by Gasteiger charge is 2.21. The lowest BCUT2D eigenvalue weighted by Gasteiger charge is -2.22. The van der Waals surface area contributed by atoms with Crippen molar-refractivity contribution in [3.8, 4) is 5.75 Å². The Morgan fingerprint density at radius 3 is 2.81 bits per heavy atom. The molecule has 7 heteroatoms. The van der Waals surface area contributed by atoms with Gasteiger partial charge in [-0.05, 0) is 26.0 Å². The van der Waals surface area contributed by atoms with Crippen molar-refractivity contribution in [2.75, 3.05) is 19.0 Å². The van der Waals surface area contributed by atoms with Crippen LogP contribution in [0.3, 0.4) is 0 Å². The lowest BCUT2D eigenvalue weighted by Crippen LogP contribution is -2.29. The van der Waals surface area contributed by atoms with Crippen molar-refractivity contribution >= 4 is 17.4 Å². The van der Waals surface area contributed by atoms with Gasteiger partial charge in [-0.25, -0.2) is 0 Å². The zero-order valence-corrected chi connectivity index (χ0v) is 12.4. The van der Waals surface area contributed by atoms with E-state index in [-0.39, 0.29) is 24.8 Å². The summed E-state index contributed by atoms with van der Waals surface area (Å²) in [6, 6.07) is 6.84. The predicted molar refractivity (Wildman–Crippen MR) is 79.7 cm³/mol. The molecule has 0 spiro atoms. The van der Waals surface area contributed by atoms with E-state index in [4.69, 9.17) is 20.4 Å². The maximum atomic E-state index is 11.9. The number of hydrogen-bond donors (Lipinski definition) is 3. The monoisotopic (exact) mass is 295 g/mol. The number of nitrogens with two attached hydrogens (primary N) is 1. The summed E-state index contributed by atoms with van der Waals surface area (Å²) in [5.41, 5.74) is 5.39. The predicted octanol–water partition coefficient (Wildman–Crippen LogP) is 1.57. The molecule has 21 heavy (non-hydrogen) atoms. The average Bonchev–Trinajstić information content (AvgIpc) is 2.44. The Morgan fingerprint density at radius 1 is 1.48 bits per heavy atom. The van der Waals surface area contributed by atoms with Crippen LogP contribution >= 0.6 is 0 Å². The summed E-state index contributed by atoms with van der Waals surface area (Å²) in [5, 5.41) is 14.0. The molecule has 0 fully saturated rings. The largest absolute Gasteiger partial charge is 0.485 e. The number of rotatable bonds is 7. The van der Waals surface area contributed by atoms with Crippen LogP contribution in [0.15, 0.2) is 29.4 Å². The van der Waals surface area contributed by atoms with E-state index in [0.29, 0.717) is 11.4 Å². The number of nitrogens with one attached hydrogen (secondary N) is 1. The Kier molecular flexibility index (Phi) is 5.98. The molecule has 0 saturated heterocycles. The molecule has 0 saturated carbocycles. The second-order valence-corrected chi connectivity index (χ2v) is 5.10. The van der Waals surface area contributed by atoms with Crippen molar-refractivity contribution in [1.82, 2.24) is 0 Å². The molecule has 1 rings (SSSR count). The van der Waals surface area contributed by atoms with Gasteiger partial charge in [0, 0.05) is 18.9 Å². The molecule has 0 aromatic heterocycles. The molecule has 0 aliphatic rings. The minimum Gasteiger partial charge on any atom is -0.485 e. The van der Waals surface area contributed by atoms with Gasteiger partial charge < -0.3 is 25.7 Å². The number of amidine groups is 1. The van der Waals surface area contributed by atoms with Gasteiger partial charge in [0.05, 0.1) is 12.0 Å². The first kappa shape index (κ1) is 16.8. The van der Waals surface area contributed by atoms with Crippen molar-refractivity contribution in [1.29, 1.82) is 0 Å². The molecule has 7 nitrogen and oxygen atoms in total. The second kappa shape index (κ2) is 7.49. The van der Waals surface area contributed by atoms with Gasteiger partial charge in [0.1, 0.15) is 12.4 Å². The quantitative estimate of drug-likeness (QED) is 0.306. The number of oxime groups is 1. The Bertz CT molecular complexity index is 515. The van der Waals surface area contributed by atoms with Gasteiger partial charge in [0.15, 0.2) is 5.84 Å². The van der Waals surface area contributed by atoms with Crippen molar-refractivity contribution in [3.63, 3.8) is 0 Å². The van der Waals surface area contributed by atoms with E-state index in [1.165, 1.54) is 0 Å². The van der Waals surface area contributed by atoms with Gasteiger partial charge in [-0.15, -0.1) is 0 Å². The number of anilines is 1. The number of nitrogens with zero attached hydrogens (tertiary/aromatic N) is 1. The molecule has 0 radical (unpaired) electrons. The van der Waals surface area contributed by atoms with Crippen LogP contribution in [0.4, 0.5) is 5.69 Å². The molecule has 0 aliphatic carbocycles. The molecule has 0 bridgehead atoms. The molecule has 116 valence electrons. The van der Waals surface area contributed by atoms with Gasteiger partial charge in [-0.2, -0.15) is 0 Å². The third-order valence-electron chi connectivity index (χ3n) is 2.77. The smallest absolute Gasteiger partial charge is 0.227 e. The van der Waals surface area contributed by atoms with Gasteiger partial charge >= 0.3 is 0 Å². The third kappa shape index (κ3) is 6.13. The Morgan fingerprint density at radius 2 is 2.19 bits per heavy atom. The highest BCUT2D eigenvalue weighted by Crippen LogP contribution is 2.19. The molecular formula is C14H21N3O4. The van der Waals surface area contributed by atoms with Crippen LogP contribution in [0.2, 0.25) is 0 Å². The first-order valence-electron chi connectivity index (χ1n) is 6.40. The van der Waals surface area contributed by atoms with Crippen LogP contribution in [-0.2, 0) is 9.53 Å². The molecule has 1 amide bonds. The third-order valence-corrected chi connectivity index (χ3v) is 2.77. The van der Waals surface area contributed by atoms with Gasteiger partial charge in [-0.1, -0.05) is 11.2 Å². The second-order valence-electron chi connectivity index (χ2n) is 5.10. The molecule has 1 aromatic carbocycles. The molecule has 0 unspecified atom stereocenters. The van der Waals surface area contributed by atoms with E-state index in [2.05, 4.69) is 10.5 Å². The van der Waals surface area contributed by atoms with E-state index >= 15 is 0 Å². The van der Waals surface area contributed by atoms with Crippen molar-refractivity contribution < 1.29 is 19.5 Å². The summed E-state index contributed by atoms with van der Waals surface area (Å²) in [4.78, 5) is 11.9. The number of hydrogen-bond acceptors (Lipinski definition) is 5. The molecular weight excluding hydrogens is 274 g/mol. The highest BCUT2D eigenvalue weighted by atomic mass is 16.5. The maximum absolute atomic E-state index is 11.9. The summed E-state index contributed by atoms with van der Waals surface area (Å²) in [7, 11) is 1.56. The van der Waals surface area contributed by atoms with E-state index in [1.54, 1.807) is 31.4 Å². The van der Waals surface area contributed by atoms with Crippen LogP contribution in [0.5, 0.6) is 5.75 Å². The summed E-state index contributed by atoms with van der Waals surface area (Å²) in [6.45, 7) is 3.64. The van der Waals surface area contributed by atoms with Gasteiger partial charge in [0.2, 0.25) is 5.91 Å². The van der Waals surface area contributed by atoms with E-state index < -0.39 is 5.60 Å². The maximum Gasteiger partial charge on any atom is 0.227 e. The zero-order valence-electron chi connectivity index (χ0n) is 12.4. The zero-order chi connectivity index (χ0) is 15.9. The van der Waals surface area contributed by atoms with E-state index in [1.807, 2.05) is 13.8 Å². The van der Waals surface area contributed by atoms with Crippen LogP contribution in [0, 0.1) is 0 Å². The van der Waals surface area contributed by atoms with E-state index in [0.717, 1.165) is 0 Å². The fourth-order valence-corrected chi connectivity index (χ4v) is 1.51. The Balaban J connectivity index is 2.62. The lowest BCUT2D eigenvalue weighted by molar-refractivity contribution is -0.121. The number of ether oxygens (including phenoxy) is 2. The molecule has 0 heterocycles. The summed E-state index contributed by atoms with van der Waals surface area (Å²) < 4.78 is 10.5. The summed E-state index contributed by atoms with van der Waals surface area (Å²) in [6.07, 6.45) is 0.235. The topological polar surface area (TPSA) is 106 Å². The van der Waals surface area contributed by atoms with Gasteiger partial charge in [0.25, 0.3) is 0 Å². The fraction of sp³-hybridized carbons (Fsp3) is 0.429. The SMILES string of the molecule is COC(C)(C)CC(=O)Nc1cccc(OC/C(N)=N/O)c1. The molecule has 0 aliphatic heterocycles. The first-order chi connectivity index (χ1) is 9.86. The van der Waals surface area contributed by atoms with Crippen LogP contribution in [-0.4, -0.2) is 36.3 Å². The average molecular weight is 295 g/mol. The Labute approximate surface area is 123 Å². The summed E-state index contributed by atoms with van der Waals surface area (Å²) >= 11 is 0. The minimum absolute atomic E-state index is 0.0358. The van der Waals surface area contributed by atoms with Crippen molar-refractivity contribution in [2.24, 2.45) is 10.9 Å². The normalized spacial score (nSPS) is 12.0. The molecule has 4 N–H and O–H groups in total. The van der Waals surface area contributed by atoms with Gasteiger partial charge in [-0.3, -0.25) is 4.79 Å². The summed E-state index contributed by atoms with van der Waals surface area (Å²) in [5.74, 6) is 0.312. The van der Waals surface area contributed by atoms with E-state index in [9.17, 15) is 4.79 Å². The van der Waals surface area contributed by atoms with Crippen LogP contribution in [0.25, 0.3) is 0 Å². The first-order valence-corrected chi connectivity index (χ1v) is 6.40. The van der Waals surface area contributed by atoms with Crippen molar-refractivity contribution in [3.05, 3.63) is 24.3 Å². The lowest BCUT2D eigenvalue weighted by atomic mass is 10.0. The highest BCUT2D eigenvalue weighted by molar-refractivity contribution is 5.91. The minimum atomic E-state index is -0.524. The number of amides is 1.